The maximum atomic E-state index is 5.75. The molecule has 0 aliphatic heterocycles. The van der Waals surface area contributed by atoms with E-state index in [1.165, 1.54) is 32.1 Å². The summed E-state index contributed by atoms with van der Waals surface area (Å²) in [6.07, 6.45) is 6.27. The van der Waals surface area contributed by atoms with E-state index < -0.39 is 0 Å². The molecule has 0 heterocycles. The third-order valence-electron chi connectivity index (χ3n) is 4.00. The number of nitrogens with one attached hydrogen (secondary N) is 1. The number of hydrogen-bond acceptors (Lipinski definition) is 2. The smallest absolute Gasteiger partial charge is 0.0833 e. The Kier molecular flexibility index (Phi) is 4.39. The normalized spacial score (nSPS) is 22.1. The standard InChI is InChI=1S/C12H25NO/c1-5-10(6-2)11(13-3)12(14-4)8-7-9-12/h10-11,13H,5-9H2,1-4H3. The first-order valence-electron chi connectivity index (χ1n) is 5.96. The van der Waals surface area contributed by atoms with Gasteiger partial charge in [0, 0.05) is 13.2 Å². The average molecular weight is 199 g/mol. The van der Waals surface area contributed by atoms with Crippen molar-refractivity contribution in [1.82, 2.24) is 5.32 Å². The summed E-state index contributed by atoms with van der Waals surface area (Å²) in [4.78, 5) is 0. The Bertz CT molecular complexity index is 156. The SMILES string of the molecule is CCC(CC)C(NC)C1(OC)CCC1. The fourth-order valence-electron chi connectivity index (χ4n) is 2.86. The lowest BCUT2D eigenvalue weighted by molar-refractivity contribution is -0.110. The van der Waals surface area contributed by atoms with Crippen molar-refractivity contribution in [2.24, 2.45) is 5.92 Å². The Morgan fingerprint density at radius 3 is 2.07 bits per heavy atom. The molecule has 0 aromatic heterocycles. The fraction of sp³-hybridized carbons (Fsp3) is 1.00. The highest BCUT2D eigenvalue weighted by atomic mass is 16.5. The molecule has 1 rings (SSSR count). The lowest BCUT2D eigenvalue weighted by Gasteiger charge is -2.49. The van der Waals surface area contributed by atoms with Crippen LogP contribution in [0.4, 0.5) is 0 Å². The minimum atomic E-state index is 0.144. The summed E-state index contributed by atoms with van der Waals surface area (Å²) in [6.45, 7) is 4.56. The molecule has 0 bridgehead atoms. The Morgan fingerprint density at radius 1 is 1.29 bits per heavy atom. The first-order valence-corrected chi connectivity index (χ1v) is 5.96. The highest BCUT2D eigenvalue weighted by molar-refractivity contribution is 5.01. The van der Waals surface area contributed by atoms with Crippen LogP contribution in [0.3, 0.4) is 0 Å². The molecule has 0 spiro atoms. The third-order valence-corrected chi connectivity index (χ3v) is 4.00. The zero-order chi connectivity index (χ0) is 10.6. The van der Waals surface area contributed by atoms with E-state index in [0.717, 1.165) is 5.92 Å². The summed E-state index contributed by atoms with van der Waals surface area (Å²) in [5, 5.41) is 3.47. The van der Waals surface area contributed by atoms with Crippen LogP contribution in [0.5, 0.6) is 0 Å². The van der Waals surface area contributed by atoms with Crippen molar-refractivity contribution in [2.75, 3.05) is 14.2 Å². The Hall–Kier alpha value is -0.0800. The van der Waals surface area contributed by atoms with Crippen LogP contribution in [0, 0.1) is 5.92 Å². The fourth-order valence-corrected chi connectivity index (χ4v) is 2.86. The maximum absolute atomic E-state index is 5.75. The lowest BCUT2D eigenvalue weighted by Crippen LogP contribution is -2.58. The molecule has 14 heavy (non-hydrogen) atoms. The van der Waals surface area contributed by atoms with E-state index in [2.05, 4.69) is 26.2 Å². The summed E-state index contributed by atoms with van der Waals surface area (Å²) in [7, 11) is 3.94. The first-order chi connectivity index (χ1) is 6.74. The molecule has 0 amide bonds. The Morgan fingerprint density at radius 2 is 1.86 bits per heavy atom. The predicted molar refractivity (Wildman–Crippen MR) is 60.5 cm³/mol. The van der Waals surface area contributed by atoms with Gasteiger partial charge < -0.3 is 10.1 Å². The molecule has 1 saturated carbocycles. The molecule has 2 nitrogen and oxygen atoms in total. The van der Waals surface area contributed by atoms with Crippen LogP contribution >= 0.6 is 0 Å². The molecule has 1 atom stereocenters. The zero-order valence-corrected chi connectivity index (χ0v) is 10.1. The molecule has 0 radical (unpaired) electrons. The summed E-state index contributed by atoms with van der Waals surface area (Å²) in [5.41, 5.74) is 0.144. The van der Waals surface area contributed by atoms with Crippen molar-refractivity contribution in [3.05, 3.63) is 0 Å². The molecule has 1 N–H and O–H groups in total. The van der Waals surface area contributed by atoms with Crippen LogP contribution in [0.1, 0.15) is 46.0 Å². The van der Waals surface area contributed by atoms with Gasteiger partial charge in [0.1, 0.15) is 0 Å². The van der Waals surface area contributed by atoms with Crippen molar-refractivity contribution in [1.29, 1.82) is 0 Å². The zero-order valence-electron chi connectivity index (χ0n) is 10.1. The molecule has 1 aliphatic carbocycles. The molecule has 1 unspecified atom stereocenters. The van der Waals surface area contributed by atoms with E-state index in [1.54, 1.807) is 0 Å². The van der Waals surface area contributed by atoms with Gasteiger partial charge in [-0.1, -0.05) is 26.7 Å². The van der Waals surface area contributed by atoms with Gasteiger partial charge in [-0.3, -0.25) is 0 Å². The van der Waals surface area contributed by atoms with Crippen LogP contribution in [-0.2, 0) is 4.74 Å². The highest BCUT2D eigenvalue weighted by Crippen LogP contribution is 2.41. The monoisotopic (exact) mass is 199 g/mol. The van der Waals surface area contributed by atoms with Gasteiger partial charge in [-0.15, -0.1) is 0 Å². The van der Waals surface area contributed by atoms with Crippen LogP contribution in [0.2, 0.25) is 0 Å². The highest BCUT2D eigenvalue weighted by Gasteiger charge is 2.46. The van der Waals surface area contributed by atoms with Gasteiger partial charge in [0.2, 0.25) is 0 Å². The van der Waals surface area contributed by atoms with Gasteiger partial charge in [0.05, 0.1) is 5.60 Å². The van der Waals surface area contributed by atoms with Gasteiger partial charge in [-0.25, -0.2) is 0 Å². The minimum Gasteiger partial charge on any atom is -0.377 e. The van der Waals surface area contributed by atoms with Crippen molar-refractivity contribution in [3.8, 4) is 0 Å². The molecule has 0 saturated heterocycles. The van der Waals surface area contributed by atoms with Crippen LogP contribution < -0.4 is 5.32 Å². The maximum Gasteiger partial charge on any atom is 0.0833 e. The minimum absolute atomic E-state index is 0.144. The largest absolute Gasteiger partial charge is 0.377 e. The van der Waals surface area contributed by atoms with Crippen molar-refractivity contribution < 1.29 is 4.74 Å². The van der Waals surface area contributed by atoms with E-state index in [-0.39, 0.29) is 5.60 Å². The number of rotatable bonds is 6. The molecule has 84 valence electrons. The molecule has 1 fully saturated rings. The third kappa shape index (κ3) is 1.96. The van der Waals surface area contributed by atoms with Crippen LogP contribution in [0.15, 0.2) is 0 Å². The summed E-state index contributed by atoms with van der Waals surface area (Å²) >= 11 is 0. The number of hydrogen-bond donors (Lipinski definition) is 1. The molecular weight excluding hydrogens is 174 g/mol. The average Bonchev–Trinajstić information content (AvgIpc) is 2.16. The number of ether oxygens (including phenoxy) is 1. The van der Waals surface area contributed by atoms with E-state index >= 15 is 0 Å². The first kappa shape index (κ1) is 12.0. The van der Waals surface area contributed by atoms with Gasteiger partial charge in [0.25, 0.3) is 0 Å². The van der Waals surface area contributed by atoms with Crippen LogP contribution in [-0.4, -0.2) is 25.8 Å². The Balaban J connectivity index is 2.67. The van der Waals surface area contributed by atoms with E-state index in [1.807, 2.05) is 7.11 Å². The van der Waals surface area contributed by atoms with E-state index in [0.29, 0.717) is 6.04 Å². The number of methoxy groups -OCH3 is 1. The molecule has 0 aromatic carbocycles. The quantitative estimate of drug-likeness (QED) is 0.710. The van der Waals surface area contributed by atoms with Gasteiger partial charge >= 0.3 is 0 Å². The topological polar surface area (TPSA) is 21.3 Å². The summed E-state index contributed by atoms with van der Waals surface area (Å²) in [5.74, 6) is 0.750. The van der Waals surface area contributed by atoms with Gasteiger partial charge in [-0.2, -0.15) is 0 Å². The molecule has 1 aliphatic rings. The second-order valence-electron chi connectivity index (χ2n) is 4.47. The van der Waals surface area contributed by atoms with E-state index in [9.17, 15) is 0 Å². The van der Waals surface area contributed by atoms with Crippen molar-refractivity contribution in [3.63, 3.8) is 0 Å². The van der Waals surface area contributed by atoms with Gasteiger partial charge in [0.15, 0.2) is 0 Å². The molecule has 0 aromatic rings. The van der Waals surface area contributed by atoms with E-state index in [4.69, 9.17) is 4.74 Å². The van der Waals surface area contributed by atoms with Crippen molar-refractivity contribution in [2.45, 2.75) is 57.6 Å². The molecule has 2 heteroatoms. The summed E-state index contributed by atoms with van der Waals surface area (Å²) < 4.78 is 5.75. The predicted octanol–water partition coefficient (Wildman–Crippen LogP) is 2.58. The van der Waals surface area contributed by atoms with Crippen molar-refractivity contribution >= 4 is 0 Å². The lowest BCUT2D eigenvalue weighted by atomic mass is 9.69. The van der Waals surface area contributed by atoms with Gasteiger partial charge in [-0.05, 0) is 32.2 Å². The Labute approximate surface area is 88.4 Å². The van der Waals surface area contributed by atoms with Crippen LogP contribution in [0.25, 0.3) is 0 Å². The second-order valence-corrected chi connectivity index (χ2v) is 4.47. The number of likely N-dealkylation sites (N-methyl/N-ethyl adjacent to an activating group) is 1. The summed E-state index contributed by atoms with van der Waals surface area (Å²) in [6, 6.07) is 0.538. The molecular formula is C12H25NO. The second kappa shape index (κ2) is 5.13.